The molecule has 0 spiro atoms. The molecule has 0 fully saturated rings. The third kappa shape index (κ3) is 4.54. The lowest BCUT2D eigenvalue weighted by atomic mass is 10.2. The number of hydrogen-bond acceptors (Lipinski definition) is 4. The van der Waals surface area contributed by atoms with Crippen molar-refractivity contribution in [1.29, 1.82) is 0 Å². The molecule has 0 radical (unpaired) electrons. The Morgan fingerprint density at radius 1 is 1.24 bits per heavy atom. The van der Waals surface area contributed by atoms with Gasteiger partial charge in [0.1, 0.15) is 0 Å². The first-order valence-corrected chi connectivity index (χ1v) is 7.79. The highest BCUT2D eigenvalue weighted by Gasteiger charge is 2.10. The summed E-state index contributed by atoms with van der Waals surface area (Å²) in [6.45, 7) is 2.40. The van der Waals surface area contributed by atoms with E-state index in [-0.39, 0.29) is 11.8 Å². The third-order valence-electron chi connectivity index (χ3n) is 3.51. The molecule has 1 aromatic carbocycles. The fourth-order valence-corrected chi connectivity index (χ4v) is 2.28. The van der Waals surface area contributed by atoms with Crippen LogP contribution in [0.3, 0.4) is 0 Å². The first kappa shape index (κ1) is 16.4. The molecule has 0 bridgehead atoms. The number of aromatic nitrogens is 4. The summed E-state index contributed by atoms with van der Waals surface area (Å²) in [4.78, 5) is 28.2. The molecule has 3 N–H and O–H groups in total. The van der Waals surface area contributed by atoms with Gasteiger partial charge >= 0.3 is 0 Å². The minimum absolute atomic E-state index is 0.130. The van der Waals surface area contributed by atoms with Crippen molar-refractivity contribution in [2.45, 2.75) is 19.9 Å². The van der Waals surface area contributed by atoms with E-state index in [1.165, 1.54) is 0 Å². The molecule has 3 aromatic rings. The Bertz CT molecular complexity index is 869. The third-order valence-corrected chi connectivity index (χ3v) is 3.51. The monoisotopic (exact) mass is 338 g/mol. The van der Waals surface area contributed by atoms with Gasteiger partial charge in [0.05, 0.1) is 6.33 Å². The predicted molar refractivity (Wildman–Crippen MR) is 93.2 cm³/mol. The van der Waals surface area contributed by atoms with Crippen LogP contribution >= 0.6 is 0 Å². The van der Waals surface area contributed by atoms with Crippen molar-refractivity contribution < 1.29 is 9.59 Å². The summed E-state index contributed by atoms with van der Waals surface area (Å²) in [5, 5.41) is 12.2. The molecule has 2 aromatic heterocycles. The van der Waals surface area contributed by atoms with Crippen LogP contribution in [0.5, 0.6) is 0 Å². The van der Waals surface area contributed by atoms with E-state index in [2.05, 4.69) is 25.8 Å². The number of H-pyrrole nitrogens is 1. The zero-order valence-corrected chi connectivity index (χ0v) is 13.7. The molecule has 3 rings (SSSR count). The van der Waals surface area contributed by atoms with E-state index in [9.17, 15) is 9.59 Å². The number of rotatable bonds is 6. The van der Waals surface area contributed by atoms with Gasteiger partial charge in [-0.1, -0.05) is 6.07 Å². The van der Waals surface area contributed by atoms with Gasteiger partial charge in [-0.15, -0.1) is 0 Å². The molecule has 25 heavy (non-hydrogen) atoms. The number of amides is 2. The number of benzene rings is 1. The summed E-state index contributed by atoms with van der Waals surface area (Å²) in [6.07, 6.45) is 5.45. The van der Waals surface area contributed by atoms with Gasteiger partial charge in [0.15, 0.2) is 5.82 Å². The molecule has 8 heteroatoms. The second-order valence-electron chi connectivity index (χ2n) is 5.57. The van der Waals surface area contributed by atoms with Gasteiger partial charge in [-0.25, -0.2) is 4.98 Å². The quantitative estimate of drug-likeness (QED) is 0.641. The smallest absolute Gasteiger partial charge is 0.256 e. The first-order chi connectivity index (χ1) is 12.1. The van der Waals surface area contributed by atoms with Crippen LogP contribution in [0.1, 0.15) is 22.5 Å². The number of anilines is 2. The van der Waals surface area contributed by atoms with E-state index in [4.69, 9.17) is 0 Å². The van der Waals surface area contributed by atoms with Crippen LogP contribution in [0.2, 0.25) is 0 Å². The molecule has 0 aliphatic carbocycles. The Balaban J connectivity index is 1.58. The molecule has 0 aliphatic rings. The number of nitrogens with one attached hydrogen (secondary N) is 3. The summed E-state index contributed by atoms with van der Waals surface area (Å²) in [6, 6.07) is 8.50. The average Bonchev–Trinajstić information content (AvgIpc) is 3.25. The molecule has 128 valence electrons. The number of aromatic amines is 1. The summed E-state index contributed by atoms with van der Waals surface area (Å²) in [5.41, 5.74) is 1.86. The van der Waals surface area contributed by atoms with E-state index < -0.39 is 0 Å². The van der Waals surface area contributed by atoms with Gasteiger partial charge in [0, 0.05) is 48.4 Å². The van der Waals surface area contributed by atoms with Crippen molar-refractivity contribution in [3.05, 3.63) is 60.3 Å². The van der Waals surface area contributed by atoms with Gasteiger partial charge in [0.2, 0.25) is 5.91 Å². The van der Waals surface area contributed by atoms with Gasteiger partial charge in [-0.3, -0.25) is 14.7 Å². The Labute approximate surface area is 144 Å². The first-order valence-electron chi connectivity index (χ1n) is 7.79. The van der Waals surface area contributed by atoms with Crippen LogP contribution in [0.4, 0.5) is 11.5 Å². The predicted octanol–water partition coefficient (Wildman–Crippen LogP) is 2.20. The normalized spacial score (nSPS) is 10.4. The molecule has 0 saturated heterocycles. The second-order valence-corrected chi connectivity index (χ2v) is 5.57. The number of nitrogens with zero attached hydrogens (tertiary/aromatic N) is 3. The maximum absolute atomic E-state index is 12.3. The maximum atomic E-state index is 12.3. The van der Waals surface area contributed by atoms with E-state index in [0.29, 0.717) is 30.0 Å². The summed E-state index contributed by atoms with van der Waals surface area (Å²) >= 11 is 0. The van der Waals surface area contributed by atoms with Crippen LogP contribution in [0, 0.1) is 6.92 Å². The Morgan fingerprint density at radius 3 is 2.84 bits per heavy atom. The van der Waals surface area contributed by atoms with Gasteiger partial charge in [-0.2, -0.15) is 5.10 Å². The molecule has 0 saturated carbocycles. The summed E-state index contributed by atoms with van der Waals surface area (Å²) < 4.78 is 1.83. The van der Waals surface area contributed by atoms with Crippen molar-refractivity contribution in [3.63, 3.8) is 0 Å². The lowest BCUT2D eigenvalue weighted by Crippen LogP contribution is -2.16. The minimum Gasteiger partial charge on any atom is -0.337 e. The van der Waals surface area contributed by atoms with Crippen molar-refractivity contribution in [2.75, 3.05) is 10.6 Å². The van der Waals surface area contributed by atoms with Crippen molar-refractivity contribution in [2.24, 2.45) is 0 Å². The fourth-order valence-electron chi connectivity index (χ4n) is 2.28. The number of aryl methyl sites for hydroxylation is 2. The number of hydrogen-bond donors (Lipinski definition) is 3. The topological polar surface area (TPSA) is 105 Å². The lowest BCUT2D eigenvalue weighted by Gasteiger charge is -2.08. The van der Waals surface area contributed by atoms with Crippen LogP contribution in [0.15, 0.2) is 49.1 Å². The highest BCUT2D eigenvalue weighted by Crippen LogP contribution is 2.13. The fraction of sp³-hybridized carbons (Fsp3) is 0.176. The number of imidazole rings is 1. The van der Waals surface area contributed by atoms with Gasteiger partial charge < -0.3 is 15.2 Å². The Kier molecular flexibility index (Phi) is 4.89. The largest absolute Gasteiger partial charge is 0.337 e. The molecule has 0 atom stereocenters. The van der Waals surface area contributed by atoms with Crippen LogP contribution in [-0.4, -0.2) is 31.6 Å². The molecule has 2 heterocycles. The molecule has 8 nitrogen and oxygen atoms in total. The zero-order valence-electron chi connectivity index (χ0n) is 13.7. The van der Waals surface area contributed by atoms with Crippen LogP contribution in [-0.2, 0) is 11.3 Å². The maximum Gasteiger partial charge on any atom is 0.256 e. The Morgan fingerprint density at radius 2 is 2.12 bits per heavy atom. The lowest BCUT2D eigenvalue weighted by molar-refractivity contribution is -0.116. The van der Waals surface area contributed by atoms with Crippen molar-refractivity contribution in [1.82, 2.24) is 19.7 Å². The SMILES string of the molecule is Cc1cc(NC(=O)c2cccc(NC(=O)CCn3ccnc3)c2)n[nH]1. The average molecular weight is 338 g/mol. The van der Waals surface area contributed by atoms with Crippen molar-refractivity contribution >= 4 is 23.3 Å². The molecular weight excluding hydrogens is 320 g/mol. The van der Waals surface area contributed by atoms with Crippen LogP contribution in [0.25, 0.3) is 0 Å². The highest BCUT2D eigenvalue weighted by atomic mass is 16.2. The molecule has 2 amide bonds. The van der Waals surface area contributed by atoms with E-state index >= 15 is 0 Å². The van der Waals surface area contributed by atoms with Gasteiger partial charge in [0.25, 0.3) is 5.91 Å². The second kappa shape index (κ2) is 7.43. The standard InChI is InChI=1S/C17H18N6O2/c1-12-9-15(22-21-12)20-17(25)13-3-2-4-14(10-13)19-16(24)5-7-23-8-6-18-11-23/h2-4,6,8-11H,5,7H2,1H3,(H,19,24)(H2,20,21,22,25). The molecular formula is C17H18N6O2. The number of carbonyl (C=O) groups is 2. The molecule has 0 aliphatic heterocycles. The van der Waals surface area contributed by atoms with Gasteiger partial charge in [-0.05, 0) is 25.1 Å². The summed E-state index contributed by atoms with van der Waals surface area (Å²) in [5.74, 6) is 0.0347. The highest BCUT2D eigenvalue weighted by molar-refractivity contribution is 6.04. The molecule has 0 unspecified atom stereocenters. The number of carbonyl (C=O) groups excluding carboxylic acids is 2. The van der Waals surface area contributed by atoms with Crippen molar-refractivity contribution in [3.8, 4) is 0 Å². The summed E-state index contributed by atoms with van der Waals surface area (Å²) in [7, 11) is 0. The minimum atomic E-state index is -0.291. The van der Waals surface area contributed by atoms with E-state index in [1.54, 1.807) is 49.1 Å². The van der Waals surface area contributed by atoms with Crippen LogP contribution < -0.4 is 10.6 Å². The Hall–Kier alpha value is -3.42. The van der Waals surface area contributed by atoms with E-state index in [1.807, 2.05) is 11.5 Å². The van der Waals surface area contributed by atoms with E-state index in [0.717, 1.165) is 5.69 Å². The zero-order chi connectivity index (χ0) is 17.6.